The molecule has 1 aromatic heterocycles. The molecule has 3 nitrogen and oxygen atoms in total. The molecule has 0 fully saturated rings. The number of alkyl halides is 3. The SMILES string of the molecule is CNCCCc1ncc(-c2cc(C(F)(F)F)ccc2Br)o1. The molecular formula is C14H14BrF3N2O. The van der Waals surface area contributed by atoms with Crippen LogP contribution in [0.25, 0.3) is 11.3 Å². The number of oxazole rings is 1. The Morgan fingerprint density at radius 2 is 2.10 bits per heavy atom. The first-order chi connectivity index (χ1) is 9.91. The van der Waals surface area contributed by atoms with E-state index in [9.17, 15) is 13.2 Å². The molecular weight excluding hydrogens is 349 g/mol. The molecule has 0 saturated carbocycles. The molecule has 0 aliphatic rings. The molecule has 1 heterocycles. The quantitative estimate of drug-likeness (QED) is 0.807. The van der Waals surface area contributed by atoms with Crippen molar-refractivity contribution in [2.45, 2.75) is 19.0 Å². The largest absolute Gasteiger partial charge is 0.441 e. The van der Waals surface area contributed by atoms with Crippen molar-refractivity contribution in [2.24, 2.45) is 0 Å². The lowest BCUT2D eigenvalue weighted by molar-refractivity contribution is -0.137. The average Bonchev–Trinajstić information content (AvgIpc) is 2.87. The normalized spacial score (nSPS) is 11.9. The van der Waals surface area contributed by atoms with Gasteiger partial charge >= 0.3 is 6.18 Å². The molecule has 0 saturated heterocycles. The van der Waals surface area contributed by atoms with Gasteiger partial charge in [0.25, 0.3) is 0 Å². The summed E-state index contributed by atoms with van der Waals surface area (Å²) in [5.41, 5.74) is -0.369. The zero-order valence-electron chi connectivity index (χ0n) is 11.3. The molecule has 0 spiro atoms. The molecule has 2 rings (SSSR count). The van der Waals surface area contributed by atoms with E-state index in [0.717, 1.165) is 25.1 Å². The van der Waals surface area contributed by atoms with E-state index in [1.807, 2.05) is 7.05 Å². The third kappa shape index (κ3) is 4.07. The Morgan fingerprint density at radius 1 is 1.33 bits per heavy atom. The number of nitrogens with zero attached hydrogens (tertiary/aromatic N) is 1. The second-order valence-electron chi connectivity index (χ2n) is 4.52. The van der Waals surface area contributed by atoms with E-state index in [1.54, 1.807) is 0 Å². The van der Waals surface area contributed by atoms with Gasteiger partial charge in [0.15, 0.2) is 11.7 Å². The highest BCUT2D eigenvalue weighted by atomic mass is 79.9. The van der Waals surface area contributed by atoms with E-state index < -0.39 is 11.7 Å². The van der Waals surface area contributed by atoms with Gasteiger partial charge in [-0.1, -0.05) is 15.9 Å². The Labute approximate surface area is 128 Å². The molecule has 0 atom stereocenters. The number of benzene rings is 1. The summed E-state index contributed by atoms with van der Waals surface area (Å²) < 4.78 is 44.3. The van der Waals surface area contributed by atoms with Gasteiger partial charge in [0, 0.05) is 16.5 Å². The maximum Gasteiger partial charge on any atom is 0.416 e. The highest BCUT2D eigenvalue weighted by Crippen LogP contribution is 2.36. The van der Waals surface area contributed by atoms with Crippen molar-refractivity contribution in [1.82, 2.24) is 10.3 Å². The van der Waals surface area contributed by atoms with Crippen LogP contribution in [0.2, 0.25) is 0 Å². The Balaban J connectivity index is 2.25. The predicted octanol–water partition coefficient (Wildman–Crippen LogP) is 4.27. The number of nitrogens with one attached hydrogen (secondary N) is 1. The van der Waals surface area contributed by atoms with Crippen molar-refractivity contribution < 1.29 is 17.6 Å². The first kappa shape index (κ1) is 16.0. The van der Waals surface area contributed by atoms with Crippen LogP contribution >= 0.6 is 15.9 Å². The van der Waals surface area contributed by atoms with Gasteiger partial charge in [-0.05, 0) is 38.2 Å². The van der Waals surface area contributed by atoms with Crippen LogP contribution in [-0.2, 0) is 12.6 Å². The summed E-state index contributed by atoms with van der Waals surface area (Å²) in [6, 6.07) is 3.45. The van der Waals surface area contributed by atoms with Crippen LogP contribution in [0.5, 0.6) is 0 Å². The third-order valence-electron chi connectivity index (χ3n) is 2.93. The van der Waals surface area contributed by atoms with Crippen LogP contribution in [0.1, 0.15) is 17.9 Å². The summed E-state index contributed by atoms with van der Waals surface area (Å²) >= 11 is 3.24. The van der Waals surface area contributed by atoms with Crippen molar-refractivity contribution in [1.29, 1.82) is 0 Å². The molecule has 0 aliphatic heterocycles. The molecule has 0 bridgehead atoms. The fourth-order valence-electron chi connectivity index (χ4n) is 1.86. The van der Waals surface area contributed by atoms with Crippen LogP contribution in [-0.4, -0.2) is 18.6 Å². The molecule has 1 N–H and O–H groups in total. The molecule has 114 valence electrons. The number of rotatable bonds is 5. The van der Waals surface area contributed by atoms with Gasteiger partial charge in [-0.15, -0.1) is 0 Å². The molecule has 0 aliphatic carbocycles. The van der Waals surface area contributed by atoms with Gasteiger partial charge in [0.05, 0.1) is 11.8 Å². The number of hydrogen-bond acceptors (Lipinski definition) is 3. The van der Waals surface area contributed by atoms with Crippen LogP contribution in [0.3, 0.4) is 0 Å². The highest BCUT2D eigenvalue weighted by molar-refractivity contribution is 9.10. The first-order valence-electron chi connectivity index (χ1n) is 6.38. The topological polar surface area (TPSA) is 38.1 Å². The van der Waals surface area contributed by atoms with E-state index in [1.165, 1.54) is 12.3 Å². The minimum atomic E-state index is -4.38. The van der Waals surface area contributed by atoms with Gasteiger partial charge in [0.2, 0.25) is 0 Å². The maximum absolute atomic E-state index is 12.8. The summed E-state index contributed by atoms with van der Waals surface area (Å²) in [5, 5.41) is 3.01. The fourth-order valence-corrected chi connectivity index (χ4v) is 2.30. The standard InChI is InChI=1S/C14H14BrF3N2O/c1-19-6-2-3-13-20-8-12(21-13)10-7-9(14(16,17)18)4-5-11(10)15/h4-5,7-8,19H,2-3,6H2,1H3. The number of aryl methyl sites for hydroxylation is 1. The van der Waals surface area contributed by atoms with E-state index in [4.69, 9.17) is 4.42 Å². The summed E-state index contributed by atoms with van der Waals surface area (Å²) in [4.78, 5) is 4.10. The second-order valence-corrected chi connectivity index (χ2v) is 5.37. The van der Waals surface area contributed by atoms with Gasteiger partial charge in [0.1, 0.15) is 0 Å². The predicted molar refractivity (Wildman–Crippen MR) is 76.9 cm³/mol. The van der Waals surface area contributed by atoms with Crippen molar-refractivity contribution in [3.63, 3.8) is 0 Å². The van der Waals surface area contributed by atoms with Crippen molar-refractivity contribution >= 4 is 15.9 Å². The molecule has 0 unspecified atom stereocenters. The minimum absolute atomic E-state index is 0.326. The summed E-state index contributed by atoms with van der Waals surface area (Å²) in [7, 11) is 1.85. The minimum Gasteiger partial charge on any atom is -0.441 e. The van der Waals surface area contributed by atoms with E-state index in [2.05, 4.69) is 26.2 Å². The zero-order valence-corrected chi connectivity index (χ0v) is 12.9. The Bertz CT molecular complexity index is 611. The Kier molecular flexibility index (Phi) is 5.05. The number of aromatic nitrogens is 1. The van der Waals surface area contributed by atoms with Gasteiger partial charge in [-0.3, -0.25) is 0 Å². The first-order valence-corrected chi connectivity index (χ1v) is 7.17. The molecule has 21 heavy (non-hydrogen) atoms. The van der Waals surface area contributed by atoms with Gasteiger partial charge in [-0.25, -0.2) is 4.98 Å². The Morgan fingerprint density at radius 3 is 2.76 bits per heavy atom. The highest BCUT2D eigenvalue weighted by Gasteiger charge is 2.31. The summed E-state index contributed by atoms with van der Waals surface area (Å²) in [5.74, 6) is 0.844. The Hall–Kier alpha value is -1.34. The van der Waals surface area contributed by atoms with Crippen molar-refractivity contribution in [3.05, 3.63) is 40.3 Å². The average molecular weight is 363 g/mol. The van der Waals surface area contributed by atoms with E-state index >= 15 is 0 Å². The number of halogens is 4. The van der Waals surface area contributed by atoms with E-state index in [0.29, 0.717) is 28.1 Å². The molecule has 7 heteroatoms. The van der Waals surface area contributed by atoms with Gasteiger partial charge in [-0.2, -0.15) is 13.2 Å². The van der Waals surface area contributed by atoms with Crippen LogP contribution in [0.4, 0.5) is 13.2 Å². The van der Waals surface area contributed by atoms with Crippen molar-refractivity contribution in [2.75, 3.05) is 13.6 Å². The van der Waals surface area contributed by atoms with Gasteiger partial charge < -0.3 is 9.73 Å². The van der Waals surface area contributed by atoms with Crippen molar-refractivity contribution in [3.8, 4) is 11.3 Å². The lowest BCUT2D eigenvalue weighted by Crippen LogP contribution is -2.08. The van der Waals surface area contributed by atoms with Crippen LogP contribution in [0, 0.1) is 0 Å². The number of hydrogen-bond donors (Lipinski definition) is 1. The summed E-state index contributed by atoms with van der Waals surface area (Å²) in [6.45, 7) is 0.824. The van der Waals surface area contributed by atoms with E-state index in [-0.39, 0.29) is 0 Å². The smallest absolute Gasteiger partial charge is 0.416 e. The zero-order chi connectivity index (χ0) is 15.5. The molecule has 1 aromatic carbocycles. The van der Waals surface area contributed by atoms with Crippen LogP contribution in [0.15, 0.2) is 33.3 Å². The maximum atomic E-state index is 12.8. The third-order valence-corrected chi connectivity index (χ3v) is 3.62. The molecule has 0 radical (unpaired) electrons. The lowest BCUT2D eigenvalue weighted by atomic mass is 10.1. The fraction of sp³-hybridized carbons (Fsp3) is 0.357. The summed E-state index contributed by atoms with van der Waals surface area (Å²) in [6.07, 6.45) is -1.45. The molecule has 2 aromatic rings. The second kappa shape index (κ2) is 6.62. The lowest BCUT2D eigenvalue weighted by Gasteiger charge is -2.09. The van der Waals surface area contributed by atoms with Crippen LogP contribution < -0.4 is 5.32 Å². The monoisotopic (exact) mass is 362 g/mol. The molecule has 0 amide bonds.